The number of phenols is 1. The van der Waals surface area contributed by atoms with Crippen molar-refractivity contribution in [3.8, 4) is 5.75 Å². The van der Waals surface area contributed by atoms with Crippen LogP contribution in [0.3, 0.4) is 0 Å². The van der Waals surface area contributed by atoms with Gasteiger partial charge < -0.3 is 9.52 Å². The predicted octanol–water partition coefficient (Wildman–Crippen LogP) is 5.82. The lowest BCUT2D eigenvalue weighted by atomic mass is 9.78. The summed E-state index contributed by atoms with van der Waals surface area (Å²) in [6.07, 6.45) is 1.94. The van der Waals surface area contributed by atoms with Crippen LogP contribution in [0, 0.1) is 0 Å². The standard InChI is InChI=1S/C27H31NO4/c1-14-16-13-22-21(28(8)25(31)32-22)12-18(16)23(29)17(14)9-15-10-19(26(2,3)4)24(30)20(11-15)27(5,6)7/h9-14,30H,1-8H3. The highest BCUT2D eigenvalue weighted by atomic mass is 16.4. The lowest BCUT2D eigenvalue weighted by molar-refractivity contribution is 0.103. The zero-order valence-corrected chi connectivity index (χ0v) is 20.1. The number of phenolic OH excluding ortho intramolecular Hbond substituents is 1. The third-order valence-corrected chi connectivity index (χ3v) is 6.47. The third kappa shape index (κ3) is 3.40. The fourth-order valence-corrected chi connectivity index (χ4v) is 4.52. The molecule has 1 N–H and O–H groups in total. The first-order valence-corrected chi connectivity index (χ1v) is 11.0. The molecule has 0 aliphatic heterocycles. The molecule has 0 radical (unpaired) electrons. The van der Waals surface area contributed by atoms with E-state index in [1.54, 1.807) is 13.1 Å². The smallest absolute Gasteiger partial charge is 0.419 e. The van der Waals surface area contributed by atoms with Crippen LogP contribution in [0.4, 0.5) is 0 Å². The van der Waals surface area contributed by atoms with Gasteiger partial charge in [0.1, 0.15) is 5.75 Å². The Morgan fingerprint density at radius 2 is 1.53 bits per heavy atom. The van der Waals surface area contributed by atoms with E-state index in [1.165, 1.54) is 4.57 Å². The lowest BCUT2D eigenvalue weighted by Crippen LogP contribution is -2.17. The topological polar surface area (TPSA) is 72.4 Å². The van der Waals surface area contributed by atoms with Gasteiger partial charge in [0.15, 0.2) is 11.4 Å². The molecule has 1 heterocycles. The predicted molar refractivity (Wildman–Crippen MR) is 128 cm³/mol. The van der Waals surface area contributed by atoms with Gasteiger partial charge in [-0.05, 0) is 52.3 Å². The summed E-state index contributed by atoms with van der Waals surface area (Å²) in [7, 11) is 1.64. The van der Waals surface area contributed by atoms with E-state index in [0.717, 1.165) is 22.3 Å². The molecule has 0 spiro atoms. The summed E-state index contributed by atoms with van der Waals surface area (Å²) < 4.78 is 6.75. The zero-order valence-electron chi connectivity index (χ0n) is 20.1. The van der Waals surface area contributed by atoms with E-state index in [4.69, 9.17) is 4.42 Å². The first-order valence-electron chi connectivity index (χ1n) is 11.0. The number of oxazole rings is 1. The summed E-state index contributed by atoms with van der Waals surface area (Å²) in [6.45, 7) is 14.4. The third-order valence-electron chi connectivity index (χ3n) is 6.47. The van der Waals surface area contributed by atoms with Crippen LogP contribution in [0.2, 0.25) is 0 Å². The van der Waals surface area contributed by atoms with E-state index in [-0.39, 0.29) is 22.5 Å². The summed E-state index contributed by atoms with van der Waals surface area (Å²) in [4.78, 5) is 25.2. The first kappa shape index (κ1) is 22.1. The highest BCUT2D eigenvalue weighted by Crippen LogP contribution is 2.43. The van der Waals surface area contributed by atoms with Crippen molar-refractivity contribution in [3.05, 3.63) is 68.2 Å². The number of carbonyl (C=O) groups excluding carboxylic acids is 1. The van der Waals surface area contributed by atoms with Gasteiger partial charge in [0.2, 0.25) is 0 Å². The monoisotopic (exact) mass is 433 g/mol. The molecule has 32 heavy (non-hydrogen) atoms. The first-order chi connectivity index (χ1) is 14.7. The number of rotatable bonds is 1. The lowest BCUT2D eigenvalue weighted by Gasteiger charge is -2.28. The van der Waals surface area contributed by atoms with Crippen LogP contribution in [0.25, 0.3) is 17.2 Å². The van der Waals surface area contributed by atoms with Crippen LogP contribution in [-0.4, -0.2) is 15.5 Å². The van der Waals surface area contributed by atoms with Gasteiger partial charge >= 0.3 is 5.76 Å². The van der Waals surface area contributed by atoms with Crippen LogP contribution >= 0.6 is 0 Å². The van der Waals surface area contributed by atoms with E-state index >= 15 is 0 Å². The number of hydrogen-bond donors (Lipinski definition) is 1. The van der Waals surface area contributed by atoms with Gasteiger partial charge in [0.25, 0.3) is 0 Å². The number of aromatic hydroxyl groups is 1. The Morgan fingerprint density at radius 3 is 2.06 bits per heavy atom. The molecule has 0 saturated carbocycles. The van der Waals surface area contributed by atoms with Crippen LogP contribution in [0.5, 0.6) is 5.75 Å². The Morgan fingerprint density at radius 1 is 0.969 bits per heavy atom. The summed E-state index contributed by atoms with van der Waals surface area (Å²) in [5.74, 6) is -0.279. The Balaban J connectivity index is 1.89. The summed E-state index contributed by atoms with van der Waals surface area (Å²) in [5, 5.41) is 11.0. The van der Waals surface area contributed by atoms with Crippen LogP contribution < -0.4 is 5.76 Å². The zero-order chi connectivity index (χ0) is 23.7. The number of hydrogen-bond acceptors (Lipinski definition) is 4. The number of carbonyl (C=O) groups is 1. The Labute approximate surface area is 188 Å². The second-order valence-corrected chi connectivity index (χ2v) is 10.9. The van der Waals surface area contributed by atoms with Gasteiger partial charge in [0, 0.05) is 35.2 Å². The molecule has 1 atom stereocenters. The maximum Gasteiger partial charge on any atom is 0.419 e. The number of aryl methyl sites for hydroxylation is 1. The van der Waals surface area contributed by atoms with Gasteiger partial charge in [-0.25, -0.2) is 4.79 Å². The fourth-order valence-electron chi connectivity index (χ4n) is 4.52. The Hall–Kier alpha value is -3.08. The molecule has 1 aliphatic rings. The molecule has 5 nitrogen and oxygen atoms in total. The van der Waals surface area contributed by atoms with Crippen molar-refractivity contribution in [2.45, 2.75) is 65.2 Å². The average Bonchev–Trinajstić information content (AvgIpc) is 3.08. The van der Waals surface area contributed by atoms with Gasteiger partial charge in [-0.2, -0.15) is 0 Å². The number of aromatic nitrogens is 1. The van der Waals surface area contributed by atoms with Crippen LogP contribution in [0.1, 0.15) is 87.0 Å². The molecule has 168 valence electrons. The summed E-state index contributed by atoms with van der Waals surface area (Å²) in [6, 6.07) is 7.53. The highest BCUT2D eigenvalue weighted by Gasteiger charge is 2.33. The molecule has 1 unspecified atom stereocenters. The molecule has 2 aromatic carbocycles. The number of Topliss-reactive ketones (excluding diaryl/α,β-unsaturated/α-hetero) is 1. The largest absolute Gasteiger partial charge is 0.507 e. The van der Waals surface area contributed by atoms with Crippen molar-refractivity contribution >= 4 is 23.0 Å². The van der Waals surface area contributed by atoms with Gasteiger partial charge in [0.05, 0.1) is 5.52 Å². The molecule has 0 amide bonds. The molecule has 0 fully saturated rings. The van der Waals surface area contributed by atoms with E-state index < -0.39 is 5.76 Å². The summed E-state index contributed by atoms with van der Waals surface area (Å²) >= 11 is 0. The number of allylic oxidation sites excluding steroid dienone is 1. The molecular weight excluding hydrogens is 402 g/mol. The SMILES string of the molecule is CC1C(=Cc2cc(C(C)(C)C)c(O)c(C(C)(C)C)c2)C(=O)c2cc3c(cc21)oc(=O)n3C. The number of benzene rings is 2. The van der Waals surface area contributed by atoms with Crippen molar-refractivity contribution in [2.75, 3.05) is 0 Å². The Kier molecular flexibility index (Phi) is 4.81. The molecule has 1 aromatic heterocycles. The van der Waals surface area contributed by atoms with Gasteiger partial charge in [-0.3, -0.25) is 9.36 Å². The molecule has 1 aliphatic carbocycles. The summed E-state index contributed by atoms with van der Waals surface area (Å²) in [5.41, 5.74) is 5.41. The second-order valence-electron chi connectivity index (χ2n) is 10.9. The molecule has 3 aromatic rings. The molecule has 4 rings (SSSR count). The number of nitrogens with zero attached hydrogens (tertiary/aromatic N) is 1. The van der Waals surface area contributed by atoms with Crippen molar-refractivity contribution in [2.24, 2.45) is 7.05 Å². The minimum atomic E-state index is -0.437. The minimum absolute atomic E-state index is 0.0364. The molecule has 5 heteroatoms. The van der Waals surface area contributed by atoms with Crippen molar-refractivity contribution in [1.29, 1.82) is 0 Å². The van der Waals surface area contributed by atoms with Crippen molar-refractivity contribution in [3.63, 3.8) is 0 Å². The number of ketones is 1. The van der Waals surface area contributed by atoms with Gasteiger partial charge in [-0.1, -0.05) is 48.5 Å². The highest BCUT2D eigenvalue weighted by molar-refractivity contribution is 6.17. The van der Waals surface area contributed by atoms with Crippen LogP contribution in [0.15, 0.2) is 39.1 Å². The fraction of sp³-hybridized carbons (Fsp3) is 0.407. The quantitative estimate of drug-likeness (QED) is 0.491. The second kappa shape index (κ2) is 6.96. The minimum Gasteiger partial charge on any atom is -0.507 e. The van der Waals surface area contributed by atoms with E-state index in [9.17, 15) is 14.7 Å². The molecular formula is C27H31NO4. The van der Waals surface area contributed by atoms with Gasteiger partial charge in [-0.15, -0.1) is 0 Å². The maximum atomic E-state index is 13.4. The van der Waals surface area contributed by atoms with Crippen molar-refractivity contribution in [1.82, 2.24) is 4.57 Å². The van der Waals surface area contributed by atoms with E-state index in [0.29, 0.717) is 28.0 Å². The average molecular weight is 434 g/mol. The maximum absolute atomic E-state index is 13.4. The van der Waals surface area contributed by atoms with E-state index in [1.807, 2.05) is 31.2 Å². The van der Waals surface area contributed by atoms with Crippen molar-refractivity contribution < 1.29 is 14.3 Å². The number of fused-ring (bicyclic) bond motifs is 2. The molecule has 0 bridgehead atoms. The van der Waals surface area contributed by atoms with E-state index in [2.05, 4.69) is 41.5 Å². The normalized spacial score (nSPS) is 18.1. The van der Waals surface area contributed by atoms with Crippen LogP contribution in [-0.2, 0) is 17.9 Å². The Bertz CT molecular complexity index is 1320. The molecule has 0 saturated heterocycles.